The molecule has 0 atom stereocenters. The summed E-state index contributed by atoms with van der Waals surface area (Å²) in [6, 6.07) is 4.65. The Hall–Kier alpha value is -1.58. The van der Waals surface area contributed by atoms with Gasteiger partial charge in [0, 0.05) is 6.54 Å². The number of aryl methyl sites for hydroxylation is 1. The van der Waals surface area contributed by atoms with E-state index in [-0.39, 0.29) is 12.4 Å². The van der Waals surface area contributed by atoms with Gasteiger partial charge in [-0.3, -0.25) is 0 Å². The van der Waals surface area contributed by atoms with Gasteiger partial charge < -0.3 is 10.1 Å². The van der Waals surface area contributed by atoms with Crippen LogP contribution in [0, 0.1) is 12.7 Å². The van der Waals surface area contributed by atoms with E-state index in [2.05, 4.69) is 5.32 Å². The molecule has 1 aromatic rings. The molecule has 1 rings (SSSR count). The van der Waals surface area contributed by atoms with E-state index in [1.807, 2.05) is 6.07 Å². The fourth-order valence-corrected chi connectivity index (χ4v) is 1.40. The van der Waals surface area contributed by atoms with Crippen molar-refractivity contribution >= 4 is 6.09 Å². The molecule has 4 heteroatoms. The Morgan fingerprint density at radius 3 is 2.53 bits per heavy atom. The summed E-state index contributed by atoms with van der Waals surface area (Å²) in [5.41, 5.74) is 1.02. The molecule has 0 saturated carbocycles. The molecule has 0 fully saturated rings. The van der Waals surface area contributed by atoms with Crippen LogP contribution < -0.4 is 5.32 Å². The maximum atomic E-state index is 13.1. The zero-order valence-corrected chi connectivity index (χ0v) is 10.6. The standard InChI is InChI=1S/C13H18FNO2/c1-9-5-10(7-11(14)6-9)8-15-12(16)17-13(2,3)4/h5-7H,8H2,1-4H3,(H,15,16). The van der Waals surface area contributed by atoms with Gasteiger partial charge in [0.25, 0.3) is 0 Å². The lowest BCUT2D eigenvalue weighted by molar-refractivity contribution is 0.0523. The van der Waals surface area contributed by atoms with Crippen LogP contribution in [0.5, 0.6) is 0 Å². The van der Waals surface area contributed by atoms with Gasteiger partial charge in [-0.1, -0.05) is 6.07 Å². The number of amides is 1. The van der Waals surface area contributed by atoms with Gasteiger partial charge in [0.15, 0.2) is 0 Å². The van der Waals surface area contributed by atoms with Crippen LogP contribution in [-0.2, 0) is 11.3 Å². The van der Waals surface area contributed by atoms with Gasteiger partial charge >= 0.3 is 6.09 Å². The van der Waals surface area contributed by atoms with Crippen LogP contribution in [0.2, 0.25) is 0 Å². The molecule has 0 saturated heterocycles. The summed E-state index contributed by atoms with van der Waals surface area (Å²) >= 11 is 0. The number of halogens is 1. The number of ether oxygens (including phenoxy) is 1. The molecule has 3 nitrogen and oxygen atoms in total. The van der Waals surface area contributed by atoms with Crippen molar-refractivity contribution in [2.75, 3.05) is 0 Å². The molecule has 0 spiro atoms. The second kappa shape index (κ2) is 5.17. The van der Waals surface area contributed by atoms with Crippen LogP contribution in [0.1, 0.15) is 31.9 Å². The van der Waals surface area contributed by atoms with E-state index >= 15 is 0 Å². The number of nitrogens with one attached hydrogen (secondary N) is 1. The van der Waals surface area contributed by atoms with Gasteiger partial charge in [-0.05, 0) is 51.0 Å². The Balaban J connectivity index is 2.53. The minimum atomic E-state index is -0.526. The first-order chi connectivity index (χ1) is 7.76. The number of benzene rings is 1. The van der Waals surface area contributed by atoms with Gasteiger partial charge in [-0.15, -0.1) is 0 Å². The smallest absolute Gasteiger partial charge is 0.407 e. The Morgan fingerprint density at radius 2 is 2.00 bits per heavy atom. The maximum Gasteiger partial charge on any atom is 0.407 e. The lowest BCUT2D eigenvalue weighted by atomic mass is 10.1. The first-order valence-electron chi connectivity index (χ1n) is 5.49. The third-order valence-electron chi connectivity index (χ3n) is 1.94. The predicted octanol–water partition coefficient (Wildman–Crippen LogP) is 3.16. The quantitative estimate of drug-likeness (QED) is 0.860. The molecule has 1 aromatic carbocycles. The highest BCUT2D eigenvalue weighted by atomic mass is 19.1. The SMILES string of the molecule is Cc1cc(F)cc(CNC(=O)OC(C)(C)C)c1. The zero-order chi connectivity index (χ0) is 13.1. The normalized spacial score (nSPS) is 11.1. The molecule has 0 bridgehead atoms. The van der Waals surface area contributed by atoms with E-state index in [1.165, 1.54) is 12.1 Å². The topological polar surface area (TPSA) is 38.3 Å². The van der Waals surface area contributed by atoms with Crippen molar-refractivity contribution in [3.05, 3.63) is 35.1 Å². The lowest BCUT2D eigenvalue weighted by Gasteiger charge is -2.19. The van der Waals surface area contributed by atoms with Crippen LogP contribution in [0.3, 0.4) is 0 Å². The van der Waals surface area contributed by atoms with Crippen LogP contribution >= 0.6 is 0 Å². The van der Waals surface area contributed by atoms with Gasteiger partial charge in [0.05, 0.1) is 0 Å². The third-order valence-corrected chi connectivity index (χ3v) is 1.94. The first kappa shape index (κ1) is 13.5. The molecule has 0 radical (unpaired) electrons. The average molecular weight is 239 g/mol. The molecule has 0 heterocycles. The summed E-state index contributed by atoms with van der Waals surface area (Å²) in [7, 11) is 0. The van der Waals surface area contributed by atoms with E-state index in [9.17, 15) is 9.18 Å². The van der Waals surface area contributed by atoms with Crippen molar-refractivity contribution in [2.45, 2.75) is 39.8 Å². The summed E-state index contributed by atoms with van der Waals surface area (Å²) in [4.78, 5) is 11.4. The van der Waals surface area contributed by atoms with Gasteiger partial charge in [-0.2, -0.15) is 0 Å². The highest BCUT2D eigenvalue weighted by Gasteiger charge is 2.15. The summed E-state index contributed by atoms with van der Waals surface area (Å²) in [6.07, 6.45) is -0.501. The van der Waals surface area contributed by atoms with Gasteiger partial charge in [0.2, 0.25) is 0 Å². The van der Waals surface area contributed by atoms with Gasteiger partial charge in [0.1, 0.15) is 11.4 Å². The Bertz CT molecular complexity index is 390. The minimum absolute atomic E-state index is 0.257. The summed E-state index contributed by atoms with van der Waals surface area (Å²) in [5.74, 6) is -0.300. The predicted molar refractivity (Wildman–Crippen MR) is 64.2 cm³/mol. The monoisotopic (exact) mass is 239 g/mol. The van der Waals surface area contributed by atoms with E-state index in [1.54, 1.807) is 27.7 Å². The minimum Gasteiger partial charge on any atom is -0.444 e. The van der Waals surface area contributed by atoms with Crippen molar-refractivity contribution in [3.63, 3.8) is 0 Å². The highest BCUT2D eigenvalue weighted by molar-refractivity contribution is 5.67. The van der Waals surface area contributed by atoms with Crippen molar-refractivity contribution in [3.8, 4) is 0 Å². The number of alkyl carbamates (subject to hydrolysis) is 1. The number of carbonyl (C=O) groups excluding carboxylic acids is 1. The van der Waals surface area contributed by atoms with E-state index in [0.717, 1.165) is 5.56 Å². The van der Waals surface area contributed by atoms with Crippen LogP contribution in [0.15, 0.2) is 18.2 Å². The van der Waals surface area contributed by atoms with E-state index in [4.69, 9.17) is 4.74 Å². The fourth-order valence-electron chi connectivity index (χ4n) is 1.40. The van der Waals surface area contributed by atoms with Crippen molar-refractivity contribution < 1.29 is 13.9 Å². The molecule has 0 aliphatic carbocycles. The van der Waals surface area contributed by atoms with Crippen molar-refractivity contribution in [1.29, 1.82) is 0 Å². The van der Waals surface area contributed by atoms with E-state index < -0.39 is 11.7 Å². The molecule has 94 valence electrons. The number of hydrogen-bond acceptors (Lipinski definition) is 2. The number of hydrogen-bond donors (Lipinski definition) is 1. The number of rotatable bonds is 2. The molecule has 1 amide bonds. The third kappa shape index (κ3) is 5.33. The second-order valence-corrected chi connectivity index (χ2v) is 4.99. The molecule has 0 unspecified atom stereocenters. The summed E-state index contributed by atoms with van der Waals surface area (Å²) in [6.45, 7) is 7.43. The van der Waals surface area contributed by atoms with Gasteiger partial charge in [-0.25, -0.2) is 9.18 Å². The lowest BCUT2D eigenvalue weighted by Crippen LogP contribution is -2.32. The number of carbonyl (C=O) groups is 1. The molecule has 1 N–H and O–H groups in total. The van der Waals surface area contributed by atoms with Crippen LogP contribution in [0.25, 0.3) is 0 Å². The Kier molecular flexibility index (Phi) is 4.10. The second-order valence-electron chi connectivity index (χ2n) is 4.99. The van der Waals surface area contributed by atoms with Crippen molar-refractivity contribution in [1.82, 2.24) is 5.32 Å². The van der Waals surface area contributed by atoms with Crippen LogP contribution in [-0.4, -0.2) is 11.7 Å². The first-order valence-corrected chi connectivity index (χ1v) is 5.49. The molecule has 0 aliphatic rings. The molecule has 0 aromatic heterocycles. The Labute approximate surface area is 101 Å². The maximum absolute atomic E-state index is 13.1. The summed E-state index contributed by atoms with van der Waals surface area (Å²) in [5, 5.41) is 2.58. The molecular weight excluding hydrogens is 221 g/mol. The zero-order valence-electron chi connectivity index (χ0n) is 10.6. The van der Waals surface area contributed by atoms with Crippen LogP contribution in [0.4, 0.5) is 9.18 Å². The average Bonchev–Trinajstić information content (AvgIpc) is 2.10. The van der Waals surface area contributed by atoms with E-state index in [0.29, 0.717) is 5.56 Å². The molecule has 0 aliphatic heterocycles. The molecule has 17 heavy (non-hydrogen) atoms. The largest absolute Gasteiger partial charge is 0.444 e. The fraction of sp³-hybridized carbons (Fsp3) is 0.462. The van der Waals surface area contributed by atoms with Crippen molar-refractivity contribution in [2.24, 2.45) is 0 Å². The Morgan fingerprint density at radius 1 is 1.35 bits per heavy atom. The highest BCUT2D eigenvalue weighted by Crippen LogP contribution is 2.09. The summed E-state index contributed by atoms with van der Waals surface area (Å²) < 4.78 is 18.2. The molecular formula is C13H18FNO2.